The number of aromatic nitrogens is 3. The number of hydrogen-bond acceptors (Lipinski definition) is 3. The van der Waals surface area contributed by atoms with Gasteiger partial charge in [0.2, 0.25) is 0 Å². The van der Waals surface area contributed by atoms with Gasteiger partial charge >= 0.3 is 6.01 Å². The summed E-state index contributed by atoms with van der Waals surface area (Å²) < 4.78 is 1.43. The summed E-state index contributed by atoms with van der Waals surface area (Å²) in [6.07, 6.45) is 0.716. The van der Waals surface area contributed by atoms with E-state index < -0.39 is 0 Å². The fraction of sp³-hybridized carbons (Fsp3) is 0.200. The Kier molecular flexibility index (Phi) is 2.18. The van der Waals surface area contributed by atoms with Crippen molar-refractivity contribution in [1.82, 2.24) is 14.8 Å². The van der Waals surface area contributed by atoms with E-state index in [4.69, 9.17) is 0 Å². The second kappa shape index (κ2) is 3.49. The van der Waals surface area contributed by atoms with Crippen molar-refractivity contribution >= 4 is 0 Å². The molecule has 0 aliphatic rings. The average molecular weight is 189 g/mol. The number of nitrogens with zero attached hydrogens (tertiary/aromatic N) is 3. The molecule has 4 nitrogen and oxygen atoms in total. The Morgan fingerprint density at radius 2 is 2.00 bits per heavy atom. The van der Waals surface area contributed by atoms with Gasteiger partial charge in [0.1, 0.15) is 0 Å². The topological polar surface area (TPSA) is 50.9 Å². The highest BCUT2D eigenvalue weighted by molar-refractivity contribution is 5.32. The molecule has 0 fully saturated rings. The Balaban J connectivity index is 2.46. The standard InChI is InChI=1S/C10H11N3O/c1-2-9-11-10(14)13(12-9)8-6-4-3-5-7-8/h3-7H,2H2,1H3,(H,11,12,14). The lowest BCUT2D eigenvalue weighted by Crippen LogP contribution is -1.95. The molecule has 4 heteroatoms. The van der Waals surface area contributed by atoms with Crippen molar-refractivity contribution in [1.29, 1.82) is 0 Å². The summed E-state index contributed by atoms with van der Waals surface area (Å²) in [5.41, 5.74) is 0.817. The van der Waals surface area contributed by atoms with E-state index in [1.54, 1.807) is 0 Å². The van der Waals surface area contributed by atoms with Gasteiger partial charge in [0.25, 0.3) is 0 Å². The van der Waals surface area contributed by atoms with Crippen molar-refractivity contribution in [3.63, 3.8) is 0 Å². The summed E-state index contributed by atoms with van der Waals surface area (Å²) >= 11 is 0. The number of rotatable bonds is 2. The lowest BCUT2D eigenvalue weighted by molar-refractivity contribution is 0.415. The maximum absolute atomic E-state index is 9.51. The molecule has 1 N–H and O–H groups in total. The molecular formula is C10H11N3O. The van der Waals surface area contributed by atoms with Crippen LogP contribution in [0.3, 0.4) is 0 Å². The largest absolute Gasteiger partial charge is 0.479 e. The van der Waals surface area contributed by atoms with E-state index in [-0.39, 0.29) is 6.01 Å². The second-order valence-corrected chi connectivity index (χ2v) is 2.93. The van der Waals surface area contributed by atoms with Crippen LogP contribution in [0, 0.1) is 0 Å². The zero-order valence-corrected chi connectivity index (χ0v) is 7.88. The van der Waals surface area contributed by atoms with Crippen LogP contribution in [0.2, 0.25) is 0 Å². The van der Waals surface area contributed by atoms with Gasteiger partial charge < -0.3 is 5.11 Å². The summed E-state index contributed by atoms with van der Waals surface area (Å²) in [4.78, 5) is 3.91. The van der Waals surface area contributed by atoms with Crippen LogP contribution in [0.15, 0.2) is 30.3 Å². The van der Waals surface area contributed by atoms with Gasteiger partial charge in [0, 0.05) is 6.42 Å². The van der Waals surface area contributed by atoms with E-state index >= 15 is 0 Å². The monoisotopic (exact) mass is 189 g/mol. The van der Waals surface area contributed by atoms with Gasteiger partial charge in [0.15, 0.2) is 5.82 Å². The number of aromatic hydroxyl groups is 1. The summed E-state index contributed by atoms with van der Waals surface area (Å²) in [6, 6.07) is 9.37. The fourth-order valence-corrected chi connectivity index (χ4v) is 1.24. The molecule has 72 valence electrons. The SMILES string of the molecule is CCc1nc(O)n(-c2ccccc2)n1. The number of benzene rings is 1. The van der Waals surface area contributed by atoms with Crippen LogP contribution in [0.4, 0.5) is 0 Å². The first-order valence-corrected chi connectivity index (χ1v) is 4.51. The summed E-state index contributed by atoms with van der Waals surface area (Å²) in [5, 5.41) is 13.7. The molecule has 0 bridgehead atoms. The Hall–Kier alpha value is -1.84. The van der Waals surface area contributed by atoms with Gasteiger partial charge in [-0.1, -0.05) is 25.1 Å². The van der Waals surface area contributed by atoms with Crippen molar-refractivity contribution in [3.05, 3.63) is 36.2 Å². The summed E-state index contributed by atoms with van der Waals surface area (Å²) in [7, 11) is 0. The zero-order valence-electron chi connectivity index (χ0n) is 7.88. The maximum atomic E-state index is 9.51. The quantitative estimate of drug-likeness (QED) is 0.779. The third-order valence-corrected chi connectivity index (χ3v) is 1.95. The lowest BCUT2D eigenvalue weighted by Gasteiger charge is -1.99. The molecule has 1 aromatic carbocycles. The molecule has 0 aliphatic heterocycles. The van der Waals surface area contributed by atoms with E-state index in [0.717, 1.165) is 5.69 Å². The van der Waals surface area contributed by atoms with Crippen LogP contribution in [-0.4, -0.2) is 19.9 Å². The van der Waals surface area contributed by atoms with Crippen molar-refractivity contribution in [2.45, 2.75) is 13.3 Å². The highest BCUT2D eigenvalue weighted by Crippen LogP contribution is 2.13. The van der Waals surface area contributed by atoms with Gasteiger partial charge in [0.05, 0.1) is 5.69 Å². The van der Waals surface area contributed by atoms with Crippen LogP contribution in [0.1, 0.15) is 12.7 Å². The number of aryl methyl sites for hydroxylation is 1. The molecule has 0 unspecified atom stereocenters. The van der Waals surface area contributed by atoms with Gasteiger partial charge in [-0.15, -0.1) is 5.10 Å². The lowest BCUT2D eigenvalue weighted by atomic mass is 10.3. The molecule has 0 spiro atoms. The molecule has 0 aliphatic carbocycles. The predicted octanol–water partition coefficient (Wildman–Crippen LogP) is 1.54. The van der Waals surface area contributed by atoms with E-state index in [1.807, 2.05) is 37.3 Å². The van der Waals surface area contributed by atoms with Crippen LogP contribution < -0.4 is 0 Å². The van der Waals surface area contributed by atoms with Crippen LogP contribution in [-0.2, 0) is 6.42 Å². The third kappa shape index (κ3) is 1.46. The minimum atomic E-state index is -0.0620. The van der Waals surface area contributed by atoms with Gasteiger partial charge in [-0.25, -0.2) is 0 Å². The fourth-order valence-electron chi connectivity index (χ4n) is 1.24. The Morgan fingerprint density at radius 3 is 2.57 bits per heavy atom. The smallest absolute Gasteiger partial charge is 0.317 e. The molecule has 0 amide bonds. The molecule has 2 rings (SSSR count). The maximum Gasteiger partial charge on any atom is 0.317 e. The van der Waals surface area contributed by atoms with Crippen molar-refractivity contribution in [2.24, 2.45) is 0 Å². The Labute approximate surface area is 81.8 Å². The number of para-hydroxylation sites is 1. The first-order chi connectivity index (χ1) is 6.81. The molecule has 1 heterocycles. The minimum absolute atomic E-state index is 0.0620. The highest BCUT2D eigenvalue weighted by atomic mass is 16.3. The summed E-state index contributed by atoms with van der Waals surface area (Å²) in [6.45, 7) is 1.95. The van der Waals surface area contributed by atoms with Gasteiger partial charge in [-0.3, -0.25) is 0 Å². The van der Waals surface area contributed by atoms with E-state index in [9.17, 15) is 5.11 Å². The highest BCUT2D eigenvalue weighted by Gasteiger charge is 2.07. The molecule has 2 aromatic rings. The molecular weight excluding hydrogens is 178 g/mol. The van der Waals surface area contributed by atoms with E-state index in [0.29, 0.717) is 12.2 Å². The van der Waals surface area contributed by atoms with Crippen LogP contribution >= 0.6 is 0 Å². The summed E-state index contributed by atoms with van der Waals surface area (Å²) in [5.74, 6) is 0.645. The van der Waals surface area contributed by atoms with Crippen LogP contribution in [0.5, 0.6) is 6.01 Å². The van der Waals surface area contributed by atoms with Gasteiger partial charge in [-0.2, -0.15) is 9.67 Å². The second-order valence-electron chi connectivity index (χ2n) is 2.93. The molecule has 0 saturated carbocycles. The van der Waals surface area contributed by atoms with Crippen LogP contribution in [0.25, 0.3) is 5.69 Å². The first kappa shape index (κ1) is 8.74. The molecule has 0 radical (unpaired) electrons. The third-order valence-electron chi connectivity index (χ3n) is 1.95. The Bertz CT molecular complexity index is 422. The Morgan fingerprint density at radius 1 is 1.29 bits per heavy atom. The molecule has 0 saturated heterocycles. The van der Waals surface area contributed by atoms with Gasteiger partial charge in [-0.05, 0) is 12.1 Å². The molecule has 14 heavy (non-hydrogen) atoms. The molecule has 1 aromatic heterocycles. The zero-order chi connectivity index (χ0) is 9.97. The number of hydrogen-bond donors (Lipinski definition) is 1. The normalized spacial score (nSPS) is 10.4. The van der Waals surface area contributed by atoms with Crippen molar-refractivity contribution in [2.75, 3.05) is 0 Å². The van der Waals surface area contributed by atoms with E-state index in [1.165, 1.54) is 4.68 Å². The van der Waals surface area contributed by atoms with Crippen molar-refractivity contribution in [3.8, 4) is 11.7 Å². The van der Waals surface area contributed by atoms with E-state index in [2.05, 4.69) is 10.1 Å². The first-order valence-electron chi connectivity index (χ1n) is 4.51. The predicted molar refractivity (Wildman–Crippen MR) is 52.4 cm³/mol. The van der Waals surface area contributed by atoms with Crippen molar-refractivity contribution < 1.29 is 5.11 Å². The molecule has 0 atom stereocenters. The minimum Gasteiger partial charge on any atom is -0.479 e. The average Bonchev–Trinajstić information content (AvgIpc) is 2.61.